The van der Waals surface area contributed by atoms with Crippen LogP contribution in [0.25, 0.3) is 10.8 Å². The minimum absolute atomic E-state index is 0.121. The molecule has 0 aliphatic carbocycles. The quantitative estimate of drug-likeness (QED) is 0.445. The molecule has 2 aliphatic heterocycles. The summed E-state index contributed by atoms with van der Waals surface area (Å²) in [6.45, 7) is 0. The molecule has 0 radical (unpaired) electrons. The number of rotatable bonds is 2. The van der Waals surface area contributed by atoms with Crippen LogP contribution in [-0.4, -0.2) is 94.2 Å². The van der Waals surface area contributed by atoms with Crippen LogP contribution in [0.4, 0.5) is 9.59 Å². The Morgan fingerprint density at radius 2 is 1.00 bits per heavy atom. The van der Waals surface area contributed by atoms with E-state index < -0.39 is 48.0 Å². The number of phenolic OH excluding ortho intramolecular Hbond substituents is 2. The van der Waals surface area contributed by atoms with Gasteiger partial charge in [0.15, 0.2) is 0 Å². The lowest BCUT2D eigenvalue weighted by Gasteiger charge is -2.43. The van der Waals surface area contributed by atoms with Gasteiger partial charge in [-0.25, -0.2) is 9.59 Å². The largest absolute Gasteiger partial charge is 0.507 e. The van der Waals surface area contributed by atoms with E-state index >= 15 is 0 Å². The molecule has 34 heavy (non-hydrogen) atoms. The number of urea groups is 2. The third-order valence-electron chi connectivity index (χ3n) is 6.81. The fourth-order valence-corrected chi connectivity index (χ4v) is 4.73. The second-order valence-corrected chi connectivity index (χ2v) is 8.59. The zero-order chi connectivity index (χ0) is 25.2. The molecule has 0 aromatic heterocycles. The molecular formula is C22H26N6O6. The molecule has 4 unspecified atom stereocenters. The average molecular weight is 470 g/mol. The number of nitrogens with two attached hydrogens (primary N) is 2. The monoisotopic (exact) mass is 470 g/mol. The molecule has 2 saturated heterocycles. The number of hydrogen-bond donors (Lipinski definition) is 4. The number of carbonyl (C=O) groups excluding carboxylic acids is 4. The molecule has 12 nitrogen and oxygen atoms in total. The molecule has 0 saturated carbocycles. The Morgan fingerprint density at radius 1 is 0.676 bits per heavy atom. The highest BCUT2D eigenvalue weighted by Crippen LogP contribution is 2.49. The third kappa shape index (κ3) is 2.99. The number of phenols is 2. The standard InChI is InChI=1S/C22H26N6O6/c1-25-17(23)13(19(31)27(3)21(25)33)11-12(14-18(24)26(2)22(34)28(4)20(14)32)16(30)10-8-6-5-7-9(10)15(11)29/h5-8,13-14,17-18,29-30H,23-24H2,1-4H3. The lowest BCUT2D eigenvalue weighted by atomic mass is 9.78. The molecule has 6 N–H and O–H groups in total. The maximum absolute atomic E-state index is 13.3. The Kier molecular flexibility index (Phi) is 5.37. The number of fused-ring (bicyclic) bond motifs is 1. The molecule has 2 heterocycles. The smallest absolute Gasteiger partial charge is 0.327 e. The summed E-state index contributed by atoms with van der Waals surface area (Å²) < 4.78 is 0. The SMILES string of the molecule is CN1C(=O)C(c2c(C3C(=O)N(C)C(=O)N(C)C3N)c(O)c3ccccc3c2O)C(N)N(C)C1=O. The van der Waals surface area contributed by atoms with E-state index in [1.54, 1.807) is 24.3 Å². The van der Waals surface area contributed by atoms with E-state index in [0.717, 1.165) is 19.6 Å². The zero-order valence-corrected chi connectivity index (χ0v) is 19.1. The van der Waals surface area contributed by atoms with Crippen molar-refractivity contribution in [1.29, 1.82) is 0 Å². The molecule has 2 aromatic rings. The number of hydrogen-bond acceptors (Lipinski definition) is 8. The highest BCUT2D eigenvalue weighted by molar-refractivity contribution is 6.06. The van der Waals surface area contributed by atoms with Crippen molar-refractivity contribution in [1.82, 2.24) is 19.6 Å². The fraction of sp³-hybridized carbons (Fsp3) is 0.364. The number of benzene rings is 2. The van der Waals surface area contributed by atoms with E-state index in [9.17, 15) is 29.4 Å². The highest BCUT2D eigenvalue weighted by Gasteiger charge is 2.50. The maximum atomic E-state index is 13.3. The second-order valence-electron chi connectivity index (χ2n) is 8.59. The van der Waals surface area contributed by atoms with Crippen LogP contribution in [0, 0.1) is 0 Å². The number of aromatic hydroxyl groups is 2. The first-order chi connectivity index (χ1) is 15.9. The Hall–Kier alpha value is -3.90. The van der Waals surface area contributed by atoms with Crippen LogP contribution >= 0.6 is 0 Å². The van der Waals surface area contributed by atoms with Gasteiger partial charge in [-0.1, -0.05) is 24.3 Å². The van der Waals surface area contributed by atoms with Crippen molar-refractivity contribution in [2.24, 2.45) is 11.5 Å². The molecule has 4 rings (SSSR count). The first-order valence-corrected chi connectivity index (χ1v) is 10.5. The number of nitrogens with zero attached hydrogens (tertiary/aromatic N) is 4. The lowest BCUT2D eigenvalue weighted by Crippen LogP contribution is -2.63. The van der Waals surface area contributed by atoms with Gasteiger partial charge < -0.3 is 31.5 Å². The zero-order valence-electron chi connectivity index (χ0n) is 19.1. The van der Waals surface area contributed by atoms with Gasteiger partial charge in [-0.2, -0.15) is 0 Å². The summed E-state index contributed by atoms with van der Waals surface area (Å²) >= 11 is 0. The summed E-state index contributed by atoms with van der Waals surface area (Å²) in [6, 6.07) is 5.06. The molecule has 0 spiro atoms. The Bertz CT molecular complexity index is 1150. The summed E-state index contributed by atoms with van der Waals surface area (Å²) in [4.78, 5) is 55.4. The van der Waals surface area contributed by atoms with Crippen LogP contribution in [0.5, 0.6) is 11.5 Å². The minimum atomic E-state index is -1.33. The summed E-state index contributed by atoms with van der Waals surface area (Å²) in [5.41, 5.74) is 12.3. The van der Waals surface area contributed by atoms with Crippen LogP contribution in [0.1, 0.15) is 23.0 Å². The van der Waals surface area contributed by atoms with Crippen molar-refractivity contribution in [2.75, 3.05) is 28.2 Å². The van der Waals surface area contributed by atoms with E-state index in [0.29, 0.717) is 0 Å². The van der Waals surface area contributed by atoms with Crippen molar-refractivity contribution >= 4 is 34.6 Å². The number of amides is 6. The average Bonchev–Trinajstić information content (AvgIpc) is 2.83. The molecule has 2 fully saturated rings. The third-order valence-corrected chi connectivity index (χ3v) is 6.81. The first kappa shape index (κ1) is 23.3. The molecule has 0 bridgehead atoms. The van der Waals surface area contributed by atoms with Gasteiger partial charge in [0.25, 0.3) is 0 Å². The van der Waals surface area contributed by atoms with Crippen LogP contribution in [0.15, 0.2) is 24.3 Å². The van der Waals surface area contributed by atoms with Gasteiger partial charge >= 0.3 is 12.1 Å². The Labute approximate surface area is 194 Å². The van der Waals surface area contributed by atoms with Crippen LogP contribution in [0.3, 0.4) is 0 Å². The van der Waals surface area contributed by atoms with Crippen molar-refractivity contribution in [3.05, 3.63) is 35.4 Å². The first-order valence-electron chi connectivity index (χ1n) is 10.5. The van der Waals surface area contributed by atoms with Gasteiger partial charge in [0.2, 0.25) is 11.8 Å². The summed E-state index contributed by atoms with van der Waals surface area (Å²) in [5, 5.41) is 23.2. The van der Waals surface area contributed by atoms with E-state index in [-0.39, 0.29) is 33.4 Å². The molecule has 2 aliphatic rings. The van der Waals surface area contributed by atoms with Crippen LogP contribution < -0.4 is 11.5 Å². The summed E-state index contributed by atoms with van der Waals surface area (Å²) in [6.07, 6.45) is -2.43. The van der Waals surface area contributed by atoms with Crippen LogP contribution in [0.2, 0.25) is 0 Å². The fourth-order valence-electron chi connectivity index (χ4n) is 4.73. The van der Waals surface area contributed by atoms with Crippen molar-refractivity contribution in [3.63, 3.8) is 0 Å². The Morgan fingerprint density at radius 3 is 1.32 bits per heavy atom. The summed E-state index contributed by atoms with van der Waals surface area (Å²) in [5.74, 6) is -4.86. The minimum Gasteiger partial charge on any atom is -0.507 e. The Balaban J connectivity index is 2.08. The van der Waals surface area contributed by atoms with Crippen molar-refractivity contribution < 1.29 is 29.4 Å². The summed E-state index contributed by atoms with van der Waals surface area (Å²) in [7, 11) is 5.35. The van der Waals surface area contributed by atoms with Gasteiger partial charge in [-0.05, 0) is 0 Å². The van der Waals surface area contributed by atoms with Crippen molar-refractivity contribution in [2.45, 2.75) is 24.2 Å². The second kappa shape index (κ2) is 7.85. The van der Waals surface area contributed by atoms with Gasteiger partial charge in [0.05, 0.1) is 12.3 Å². The van der Waals surface area contributed by atoms with E-state index in [2.05, 4.69) is 0 Å². The molecule has 4 atom stereocenters. The van der Waals surface area contributed by atoms with Gasteiger partial charge in [0.1, 0.15) is 23.3 Å². The molecule has 12 heteroatoms. The topological polar surface area (TPSA) is 174 Å². The highest BCUT2D eigenvalue weighted by atomic mass is 16.3. The number of likely N-dealkylation sites (N-methyl/N-ethyl adjacent to an activating group) is 4. The van der Waals surface area contributed by atoms with Crippen LogP contribution in [-0.2, 0) is 9.59 Å². The maximum Gasteiger partial charge on any atom is 0.327 e. The number of imide groups is 2. The number of carbonyl (C=O) groups is 4. The lowest BCUT2D eigenvalue weighted by molar-refractivity contribution is -0.135. The van der Waals surface area contributed by atoms with Gasteiger partial charge in [-0.15, -0.1) is 0 Å². The molecule has 6 amide bonds. The van der Waals surface area contributed by atoms with Gasteiger partial charge in [0, 0.05) is 50.1 Å². The van der Waals surface area contributed by atoms with E-state index in [1.165, 1.54) is 28.2 Å². The predicted molar refractivity (Wildman–Crippen MR) is 121 cm³/mol. The van der Waals surface area contributed by atoms with E-state index in [4.69, 9.17) is 11.5 Å². The molecular weight excluding hydrogens is 444 g/mol. The normalized spacial score (nSPS) is 26.2. The van der Waals surface area contributed by atoms with E-state index in [1.807, 2.05) is 0 Å². The van der Waals surface area contributed by atoms with Gasteiger partial charge in [-0.3, -0.25) is 19.4 Å². The molecule has 2 aromatic carbocycles. The predicted octanol–water partition coefficient (Wildman–Crippen LogP) is 0.0354. The van der Waals surface area contributed by atoms with Crippen molar-refractivity contribution in [3.8, 4) is 11.5 Å². The molecule has 180 valence electrons.